The Hall–Kier alpha value is -4.81. The molecule has 0 spiro atoms. The van der Waals surface area contributed by atoms with E-state index in [2.05, 4.69) is 41.9 Å². The van der Waals surface area contributed by atoms with E-state index in [0.29, 0.717) is 27.8 Å². The van der Waals surface area contributed by atoms with Crippen molar-refractivity contribution < 1.29 is 18.8 Å². The van der Waals surface area contributed by atoms with E-state index >= 15 is 0 Å². The van der Waals surface area contributed by atoms with Crippen LogP contribution in [0.3, 0.4) is 0 Å². The normalized spacial score (nSPS) is 11.4. The van der Waals surface area contributed by atoms with Crippen LogP contribution in [0.5, 0.6) is 11.5 Å². The highest BCUT2D eigenvalue weighted by Crippen LogP contribution is 2.39. The molecule has 220 valence electrons. The van der Waals surface area contributed by atoms with Crippen LogP contribution in [0.25, 0.3) is 33.5 Å². The number of nitro groups is 1. The summed E-state index contributed by atoms with van der Waals surface area (Å²) in [5.74, 6) is 0.671. The molecule has 0 fully saturated rings. The summed E-state index contributed by atoms with van der Waals surface area (Å²) in [5.41, 5.74) is 1.47. The van der Waals surface area contributed by atoms with Gasteiger partial charge in [-0.3, -0.25) is 14.9 Å². The number of nitro benzene ring substituents is 1. The van der Waals surface area contributed by atoms with Crippen LogP contribution in [-0.4, -0.2) is 27.4 Å². The number of furan rings is 1. The van der Waals surface area contributed by atoms with Crippen LogP contribution in [0.15, 0.2) is 108 Å². The Labute approximate surface area is 267 Å². The van der Waals surface area contributed by atoms with E-state index in [1.807, 2.05) is 42.5 Å². The number of nitrogens with zero attached hydrogens (tertiary/aromatic N) is 4. The van der Waals surface area contributed by atoms with Crippen LogP contribution in [0, 0.1) is 10.1 Å². The molecule has 44 heavy (non-hydrogen) atoms. The second-order valence-electron chi connectivity index (χ2n) is 9.54. The average Bonchev–Trinajstić information content (AvgIpc) is 3.45. The predicted molar refractivity (Wildman–Crippen MR) is 175 cm³/mol. The number of aromatic nitrogens is 2. The summed E-state index contributed by atoms with van der Waals surface area (Å²) in [6.07, 6.45) is 1.34. The minimum Gasteiger partial charge on any atom is -0.490 e. The SMILES string of the molecule is CCOc1cc(C=Nn2c(-c3cc4ccccc4o3)nc3ccccc3c2=O)cc([N+](=O)[O-])c1OCc1ccc(Br)cc1Br. The molecule has 10 nitrogen and oxygen atoms in total. The number of para-hydroxylation sites is 2. The van der Waals surface area contributed by atoms with Crippen molar-refractivity contribution in [3.05, 3.63) is 125 Å². The van der Waals surface area contributed by atoms with Crippen molar-refractivity contribution >= 4 is 65.6 Å². The Bertz CT molecular complexity index is 2110. The molecule has 0 aliphatic rings. The lowest BCUT2D eigenvalue weighted by Gasteiger charge is -2.14. The zero-order chi connectivity index (χ0) is 30.8. The summed E-state index contributed by atoms with van der Waals surface area (Å²) >= 11 is 6.91. The van der Waals surface area contributed by atoms with Gasteiger partial charge in [-0.05, 0) is 49.4 Å². The standard InChI is InChI=1S/C32H22Br2N4O6/c1-2-42-28-14-19(13-26(38(40)41)30(28)43-18-21-11-12-22(33)16-24(21)34)17-35-37-31(29-15-20-7-3-6-10-27(20)44-29)36-25-9-5-4-8-23(25)32(37)39/h3-17H,2,18H2,1H3. The smallest absolute Gasteiger partial charge is 0.315 e. The molecular formula is C32H22Br2N4O6. The first-order valence-corrected chi connectivity index (χ1v) is 15.0. The number of benzene rings is 4. The number of hydrogen-bond acceptors (Lipinski definition) is 8. The Morgan fingerprint density at radius 1 is 1.02 bits per heavy atom. The number of fused-ring (bicyclic) bond motifs is 2. The minimum absolute atomic E-state index is 0.0173. The minimum atomic E-state index is -0.546. The first kappa shape index (κ1) is 29.3. The molecular weight excluding hydrogens is 696 g/mol. The first-order valence-electron chi connectivity index (χ1n) is 13.4. The van der Waals surface area contributed by atoms with E-state index in [1.54, 1.807) is 43.3 Å². The quantitative estimate of drug-likeness (QED) is 0.0841. The van der Waals surface area contributed by atoms with Crippen LogP contribution < -0.4 is 15.0 Å². The summed E-state index contributed by atoms with van der Waals surface area (Å²) in [4.78, 5) is 30.0. The fraction of sp³-hybridized carbons (Fsp3) is 0.0938. The van der Waals surface area contributed by atoms with Crippen LogP contribution in [0.4, 0.5) is 5.69 Å². The summed E-state index contributed by atoms with van der Waals surface area (Å²) in [6, 6.07) is 24.6. The highest BCUT2D eigenvalue weighted by Gasteiger charge is 2.23. The van der Waals surface area contributed by atoms with E-state index in [9.17, 15) is 14.9 Å². The zero-order valence-electron chi connectivity index (χ0n) is 23.1. The highest BCUT2D eigenvalue weighted by molar-refractivity contribution is 9.11. The van der Waals surface area contributed by atoms with Gasteiger partial charge in [0.15, 0.2) is 11.5 Å². The van der Waals surface area contributed by atoms with Crippen molar-refractivity contribution in [1.29, 1.82) is 0 Å². The largest absolute Gasteiger partial charge is 0.490 e. The van der Waals surface area contributed by atoms with Crippen molar-refractivity contribution in [2.75, 3.05) is 6.61 Å². The van der Waals surface area contributed by atoms with Crippen molar-refractivity contribution in [2.45, 2.75) is 13.5 Å². The molecule has 6 rings (SSSR count). The Morgan fingerprint density at radius 2 is 1.82 bits per heavy atom. The molecule has 0 amide bonds. The Balaban J connectivity index is 1.44. The maximum Gasteiger partial charge on any atom is 0.315 e. The van der Waals surface area contributed by atoms with Gasteiger partial charge in [-0.1, -0.05) is 68.3 Å². The highest BCUT2D eigenvalue weighted by atomic mass is 79.9. The molecule has 0 aliphatic heterocycles. The van der Waals surface area contributed by atoms with Crippen LogP contribution >= 0.6 is 31.9 Å². The molecule has 0 saturated carbocycles. The average molecular weight is 718 g/mol. The fourth-order valence-corrected chi connectivity index (χ4v) is 5.78. The fourth-order valence-electron chi connectivity index (χ4n) is 4.62. The molecule has 2 heterocycles. The second kappa shape index (κ2) is 12.4. The van der Waals surface area contributed by atoms with E-state index in [1.165, 1.54) is 12.3 Å². The van der Waals surface area contributed by atoms with Gasteiger partial charge >= 0.3 is 5.69 Å². The third kappa shape index (κ3) is 5.86. The molecule has 4 aromatic carbocycles. The van der Waals surface area contributed by atoms with E-state index < -0.39 is 10.5 Å². The third-order valence-electron chi connectivity index (χ3n) is 6.66. The molecule has 0 N–H and O–H groups in total. The summed E-state index contributed by atoms with van der Waals surface area (Å²) in [7, 11) is 0. The molecule has 0 radical (unpaired) electrons. The predicted octanol–water partition coefficient (Wildman–Crippen LogP) is 8.10. The van der Waals surface area contributed by atoms with Crippen molar-refractivity contribution in [2.24, 2.45) is 5.10 Å². The zero-order valence-corrected chi connectivity index (χ0v) is 26.2. The van der Waals surface area contributed by atoms with E-state index in [4.69, 9.17) is 13.9 Å². The van der Waals surface area contributed by atoms with Crippen LogP contribution in [0.1, 0.15) is 18.1 Å². The molecule has 6 aromatic rings. The Morgan fingerprint density at radius 3 is 2.59 bits per heavy atom. The topological polar surface area (TPSA) is 122 Å². The lowest BCUT2D eigenvalue weighted by molar-refractivity contribution is -0.386. The van der Waals surface area contributed by atoms with Gasteiger partial charge in [0, 0.05) is 31.5 Å². The molecule has 0 atom stereocenters. The van der Waals surface area contributed by atoms with Gasteiger partial charge in [-0.25, -0.2) is 4.98 Å². The van der Waals surface area contributed by atoms with Crippen molar-refractivity contribution in [1.82, 2.24) is 9.66 Å². The van der Waals surface area contributed by atoms with E-state index in [0.717, 1.165) is 24.6 Å². The maximum absolute atomic E-state index is 13.6. The monoisotopic (exact) mass is 716 g/mol. The molecule has 0 aliphatic carbocycles. The number of ether oxygens (including phenoxy) is 2. The summed E-state index contributed by atoms with van der Waals surface area (Å²) < 4.78 is 20.5. The van der Waals surface area contributed by atoms with Gasteiger partial charge in [0.05, 0.1) is 28.6 Å². The second-order valence-corrected chi connectivity index (χ2v) is 11.3. The lowest BCUT2D eigenvalue weighted by atomic mass is 10.1. The molecule has 0 saturated heterocycles. The van der Waals surface area contributed by atoms with Gasteiger partial charge < -0.3 is 13.9 Å². The van der Waals surface area contributed by atoms with Gasteiger partial charge in [-0.2, -0.15) is 9.78 Å². The number of halogens is 2. The summed E-state index contributed by atoms with van der Waals surface area (Å²) in [6.45, 7) is 2.06. The Kier molecular flexibility index (Phi) is 8.27. The van der Waals surface area contributed by atoms with E-state index in [-0.39, 0.29) is 36.2 Å². The maximum atomic E-state index is 13.6. The number of rotatable bonds is 9. The lowest BCUT2D eigenvalue weighted by Crippen LogP contribution is -2.20. The van der Waals surface area contributed by atoms with Gasteiger partial charge in [0.2, 0.25) is 11.6 Å². The van der Waals surface area contributed by atoms with Crippen molar-refractivity contribution in [3.63, 3.8) is 0 Å². The molecule has 0 unspecified atom stereocenters. The van der Waals surface area contributed by atoms with Gasteiger partial charge in [0.25, 0.3) is 5.56 Å². The molecule has 2 aromatic heterocycles. The van der Waals surface area contributed by atoms with Crippen molar-refractivity contribution in [3.8, 4) is 23.1 Å². The number of hydrogen-bond donors (Lipinski definition) is 0. The molecule has 12 heteroatoms. The first-order chi connectivity index (χ1) is 21.3. The van der Waals surface area contributed by atoms with Gasteiger partial charge in [-0.15, -0.1) is 0 Å². The molecule has 0 bridgehead atoms. The third-order valence-corrected chi connectivity index (χ3v) is 7.89. The summed E-state index contributed by atoms with van der Waals surface area (Å²) in [5, 5.41) is 17.8. The van der Waals surface area contributed by atoms with Crippen LogP contribution in [-0.2, 0) is 6.61 Å². The van der Waals surface area contributed by atoms with Crippen LogP contribution in [0.2, 0.25) is 0 Å². The van der Waals surface area contributed by atoms with Gasteiger partial charge in [0.1, 0.15) is 12.2 Å².